The van der Waals surface area contributed by atoms with E-state index < -0.39 is 12.0 Å². The molecule has 0 saturated carbocycles. The third kappa shape index (κ3) is 1.84. The van der Waals surface area contributed by atoms with Gasteiger partial charge in [-0.2, -0.15) is 11.8 Å². The van der Waals surface area contributed by atoms with E-state index in [9.17, 15) is 9.90 Å². The molecule has 17 heavy (non-hydrogen) atoms. The van der Waals surface area contributed by atoms with Gasteiger partial charge in [-0.15, -0.1) is 10.2 Å². The van der Waals surface area contributed by atoms with Crippen LogP contribution in [0.2, 0.25) is 0 Å². The molecule has 0 amide bonds. The van der Waals surface area contributed by atoms with Crippen molar-refractivity contribution in [3.05, 3.63) is 11.6 Å². The van der Waals surface area contributed by atoms with Crippen molar-refractivity contribution >= 4 is 17.7 Å². The largest absolute Gasteiger partial charge is 0.480 e. The van der Waals surface area contributed by atoms with Crippen molar-refractivity contribution in [1.82, 2.24) is 14.8 Å². The third-order valence-electron chi connectivity index (χ3n) is 3.56. The summed E-state index contributed by atoms with van der Waals surface area (Å²) >= 11 is 1.91. The van der Waals surface area contributed by atoms with Crippen LogP contribution in [-0.4, -0.2) is 37.3 Å². The number of fused-ring (bicyclic) bond motifs is 1. The van der Waals surface area contributed by atoms with Crippen LogP contribution in [0.3, 0.4) is 0 Å². The van der Waals surface area contributed by atoms with Crippen LogP contribution in [-0.2, 0) is 11.2 Å². The zero-order valence-corrected chi connectivity index (χ0v) is 10.3. The molecule has 0 spiro atoms. The molecule has 0 bridgehead atoms. The SMILES string of the molecule is O=C(O)C1CCCc2nnc(C3CCSC3)n21. The first-order valence-corrected chi connectivity index (χ1v) is 7.17. The normalized spacial score (nSPS) is 28.0. The first-order chi connectivity index (χ1) is 8.27. The van der Waals surface area contributed by atoms with Gasteiger partial charge in [-0.25, -0.2) is 4.79 Å². The minimum atomic E-state index is -0.752. The number of carbonyl (C=O) groups is 1. The Morgan fingerprint density at radius 3 is 3.00 bits per heavy atom. The number of aliphatic carboxylic acids is 1. The summed E-state index contributed by atoms with van der Waals surface area (Å²) in [5.74, 6) is 3.58. The number of carboxylic acid groups (broad SMARTS) is 1. The molecule has 1 N–H and O–H groups in total. The minimum Gasteiger partial charge on any atom is -0.480 e. The third-order valence-corrected chi connectivity index (χ3v) is 4.72. The molecular formula is C11H15N3O2S. The van der Waals surface area contributed by atoms with E-state index in [4.69, 9.17) is 0 Å². The van der Waals surface area contributed by atoms with Crippen LogP contribution in [0.4, 0.5) is 0 Å². The van der Waals surface area contributed by atoms with Crippen LogP contribution in [0, 0.1) is 0 Å². The second kappa shape index (κ2) is 4.33. The first kappa shape index (κ1) is 11.1. The van der Waals surface area contributed by atoms with Crippen LogP contribution in [0.15, 0.2) is 0 Å². The van der Waals surface area contributed by atoms with Crippen LogP contribution >= 0.6 is 11.8 Å². The Balaban J connectivity index is 2.00. The van der Waals surface area contributed by atoms with Crippen molar-refractivity contribution in [3.8, 4) is 0 Å². The van der Waals surface area contributed by atoms with Crippen molar-refractivity contribution in [1.29, 1.82) is 0 Å². The van der Waals surface area contributed by atoms with Crippen molar-refractivity contribution in [3.63, 3.8) is 0 Å². The Bertz CT molecular complexity index is 440. The first-order valence-electron chi connectivity index (χ1n) is 6.01. The molecule has 5 nitrogen and oxygen atoms in total. The Labute approximate surface area is 104 Å². The Morgan fingerprint density at radius 1 is 1.41 bits per heavy atom. The fourth-order valence-corrected chi connectivity index (χ4v) is 3.90. The summed E-state index contributed by atoms with van der Waals surface area (Å²) in [6.07, 6.45) is 3.55. The highest BCUT2D eigenvalue weighted by atomic mass is 32.2. The monoisotopic (exact) mass is 253 g/mol. The standard InChI is InChI=1S/C11H15N3O2S/c15-11(16)8-2-1-3-9-12-13-10(14(8)9)7-4-5-17-6-7/h7-8H,1-6H2,(H,15,16). The smallest absolute Gasteiger partial charge is 0.326 e. The lowest BCUT2D eigenvalue weighted by Crippen LogP contribution is -2.27. The van der Waals surface area contributed by atoms with Gasteiger partial charge in [0.25, 0.3) is 0 Å². The number of thioether (sulfide) groups is 1. The summed E-state index contributed by atoms with van der Waals surface area (Å²) in [4.78, 5) is 11.3. The van der Waals surface area contributed by atoms with Gasteiger partial charge in [-0.05, 0) is 25.0 Å². The quantitative estimate of drug-likeness (QED) is 0.864. The summed E-state index contributed by atoms with van der Waals surface area (Å²) in [5, 5.41) is 17.7. The van der Waals surface area contributed by atoms with Gasteiger partial charge in [0.2, 0.25) is 0 Å². The predicted molar refractivity (Wildman–Crippen MR) is 64.3 cm³/mol. The average molecular weight is 253 g/mol. The number of hydrogen-bond donors (Lipinski definition) is 1. The van der Waals surface area contributed by atoms with Crippen LogP contribution in [0.25, 0.3) is 0 Å². The molecule has 1 aromatic heterocycles. The summed E-state index contributed by atoms with van der Waals surface area (Å²) in [6, 6.07) is -0.450. The molecular weight excluding hydrogens is 238 g/mol. The lowest BCUT2D eigenvalue weighted by molar-refractivity contribution is -0.141. The molecule has 1 saturated heterocycles. The lowest BCUT2D eigenvalue weighted by Gasteiger charge is -2.23. The second-order valence-electron chi connectivity index (χ2n) is 4.65. The maximum atomic E-state index is 11.3. The summed E-state index contributed by atoms with van der Waals surface area (Å²) in [6.45, 7) is 0. The highest BCUT2D eigenvalue weighted by Crippen LogP contribution is 2.35. The van der Waals surface area contributed by atoms with Gasteiger partial charge < -0.3 is 9.67 Å². The predicted octanol–water partition coefficient (Wildman–Crippen LogP) is 1.46. The van der Waals surface area contributed by atoms with Crippen LogP contribution in [0.5, 0.6) is 0 Å². The molecule has 3 rings (SSSR count). The van der Waals surface area contributed by atoms with Gasteiger partial charge in [0, 0.05) is 18.1 Å². The number of nitrogens with zero attached hydrogens (tertiary/aromatic N) is 3. The highest BCUT2D eigenvalue weighted by molar-refractivity contribution is 7.99. The lowest BCUT2D eigenvalue weighted by atomic mass is 10.0. The Morgan fingerprint density at radius 2 is 2.29 bits per heavy atom. The fraction of sp³-hybridized carbons (Fsp3) is 0.727. The van der Waals surface area contributed by atoms with Gasteiger partial charge in [-0.1, -0.05) is 0 Å². The summed E-state index contributed by atoms with van der Waals surface area (Å²) in [5.41, 5.74) is 0. The van der Waals surface area contributed by atoms with Crippen LogP contribution < -0.4 is 0 Å². The van der Waals surface area contributed by atoms with Gasteiger partial charge in [0.1, 0.15) is 17.7 Å². The van der Waals surface area contributed by atoms with Gasteiger partial charge in [0.05, 0.1) is 0 Å². The van der Waals surface area contributed by atoms with E-state index in [1.807, 2.05) is 16.3 Å². The summed E-state index contributed by atoms with van der Waals surface area (Å²) < 4.78 is 1.89. The molecule has 2 atom stereocenters. The molecule has 3 heterocycles. The minimum absolute atomic E-state index is 0.390. The van der Waals surface area contributed by atoms with E-state index in [0.717, 1.165) is 42.4 Å². The molecule has 6 heteroatoms. The van der Waals surface area contributed by atoms with Gasteiger partial charge in [0.15, 0.2) is 0 Å². The van der Waals surface area contributed by atoms with Crippen molar-refractivity contribution in [2.45, 2.75) is 37.6 Å². The Hall–Kier alpha value is -1.04. The Kier molecular flexibility index (Phi) is 2.82. The highest BCUT2D eigenvalue weighted by Gasteiger charge is 2.33. The molecule has 0 aliphatic carbocycles. The van der Waals surface area contributed by atoms with E-state index in [1.165, 1.54) is 0 Å². The van der Waals surface area contributed by atoms with Crippen LogP contribution in [0.1, 0.15) is 42.9 Å². The molecule has 1 aromatic rings. The molecule has 92 valence electrons. The zero-order chi connectivity index (χ0) is 11.8. The average Bonchev–Trinajstić information content (AvgIpc) is 2.96. The molecule has 2 aliphatic heterocycles. The van der Waals surface area contributed by atoms with E-state index in [2.05, 4.69) is 10.2 Å². The number of rotatable bonds is 2. The van der Waals surface area contributed by atoms with Crippen molar-refractivity contribution in [2.75, 3.05) is 11.5 Å². The molecule has 2 unspecified atom stereocenters. The van der Waals surface area contributed by atoms with Crippen molar-refractivity contribution in [2.24, 2.45) is 0 Å². The van der Waals surface area contributed by atoms with Gasteiger partial charge >= 0.3 is 5.97 Å². The van der Waals surface area contributed by atoms with E-state index in [0.29, 0.717) is 12.3 Å². The number of aromatic nitrogens is 3. The molecule has 0 aromatic carbocycles. The number of hydrogen-bond acceptors (Lipinski definition) is 4. The molecule has 1 fully saturated rings. The van der Waals surface area contributed by atoms with Crippen molar-refractivity contribution < 1.29 is 9.90 Å². The maximum Gasteiger partial charge on any atom is 0.326 e. The number of carboxylic acids is 1. The number of aryl methyl sites for hydroxylation is 1. The zero-order valence-electron chi connectivity index (χ0n) is 9.50. The van der Waals surface area contributed by atoms with E-state index in [1.54, 1.807) is 0 Å². The topological polar surface area (TPSA) is 68.0 Å². The molecule has 0 radical (unpaired) electrons. The fourth-order valence-electron chi connectivity index (χ4n) is 2.68. The summed E-state index contributed by atoms with van der Waals surface area (Å²) in [7, 11) is 0. The van der Waals surface area contributed by atoms with E-state index in [-0.39, 0.29) is 0 Å². The van der Waals surface area contributed by atoms with E-state index >= 15 is 0 Å². The molecule has 2 aliphatic rings. The maximum absolute atomic E-state index is 11.3. The van der Waals surface area contributed by atoms with Gasteiger partial charge in [-0.3, -0.25) is 0 Å². The second-order valence-corrected chi connectivity index (χ2v) is 5.80.